The Kier molecular flexibility index (Phi) is 7.02. The van der Waals surface area contributed by atoms with Gasteiger partial charge in [0.15, 0.2) is 0 Å². The van der Waals surface area contributed by atoms with Crippen molar-refractivity contribution in [1.82, 2.24) is 5.32 Å². The Morgan fingerprint density at radius 1 is 1.18 bits per heavy atom. The van der Waals surface area contributed by atoms with Gasteiger partial charge in [-0.05, 0) is 26.5 Å². The summed E-state index contributed by atoms with van der Waals surface area (Å²) < 4.78 is 5.37. The Morgan fingerprint density at radius 3 is 2.47 bits per heavy atom. The van der Waals surface area contributed by atoms with Gasteiger partial charge < -0.3 is 9.73 Å². The van der Waals surface area contributed by atoms with Crippen molar-refractivity contribution >= 4 is 0 Å². The van der Waals surface area contributed by atoms with E-state index in [0.29, 0.717) is 6.04 Å². The first kappa shape index (κ1) is 14.3. The molecule has 0 aliphatic carbocycles. The molecule has 0 spiro atoms. The number of unbranched alkanes of at least 4 members (excludes halogenated alkanes) is 5. The minimum atomic E-state index is 0.457. The van der Waals surface area contributed by atoms with Crippen LogP contribution in [0.1, 0.15) is 69.2 Å². The summed E-state index contributed by atoms with van der Waals surface area (Å²) in [4.78, 5) is 0. The van der Waals surface area contributed by atoms with Crippen molar-refractivity contribution in [2.24, 2.45) is 0 Å². The summed E-state index contributed by atoms with van der Waals surface area (Å²) in [5, 5.41) is 3.37. The smallest absolute Gasteiger partial charge is 0.101 e. The summed E-state index contributed by atoms with van der Waals surface area (Å²) in [5.41, 5.74) is 1.29. The van der Waals surface area contributed by atoms with E-state index in [2.05, 4.69) is 18.3 Å². The Balaban J connectivity index is 2.19. The van der Waals surface area contributed by atoms with Crippen molar-refractivity contribution in [3.8, 4) is 0 Å². The molecule has 0 aromatic carbocycles. The van der Waals surface area contributed by atoms with Crippen LogP contribution in [0.5, 0.6) is 0 Å². The second-order valence-electron chi connectivity index (χ2n) is 4.89. The average molecular weight is 237 g/mol. The van der Waals surface area contributed by atoms with Gasteiger partial charge in [-0.3, -0.25) is 0 Å². The van der Waals surface area contributed by atoms with Gasteiger partial charge in [0, 0.05) is 11.6 Å². The van der Waals surface area contributed by atoms with Gasteiger partial charge in [0.1, 0.15) is 5.76 Å². The topological polar surface area (TPSA) is 25.2 Å². The molecule has 1 aromatic rings. The van der Waals surface area contributed by atoms with Crippen molar-refractivity contribution in [2.75, 3.05) is 7.05 Å². The van der Waals surface area contributed by atoms with Crippen LogP contribution in [0.15, 0.2) is 16.7 Å². The number of hydrogen-bond donors (Lipinski definition) is 1. The highest BCUT2D eigenvalue weighted by atomic mass is 16.3. The first-order valence-corrected chi connectivity index (χ1v) is 7.00. The lowest BCUT2D eigenvalue weighted by Gasteiger charge is -2.13. The van der Waals surface area contributed by atoms with E-state index in [4.69, 9.17) is 4.42 Å². The van der Waals surface area contributed by atoms with Gasteiger partial charge in [0.2, 0.25) is 0 Å². The maximum atomic E-state index is 5.37. The minimum Gasteiger partial charge on any atom is -0.469 e. The van der Waals surface area contributed by atoms with Crippen molar-refractivity contribution in [3.05, 3.63) is 23.7 Å². The van der Waals surface area contributed by atoms with Crippen molar-refractivity contribution in [3.63, 3.8) is 0 Å². The second kappa shape index (κ2) is 8.35. The molecule has 2 heteroatoms. The summed E-state index contributed by atoms with van der Waals surface area (Å²) >= 11 is 0. The van der Waals surface area contributed by atoms with Crippen LogP contribution in [0.3, 0.4) is 0 Å². The molecule has 1 heterocycles. The van der Waals surface area contributed by atoms with Crippen LogP contribution in [0.2, 0.25) is 0 Å². The van der Waals surface area contributed by atoms with Crippen LogP contribution in [0.4, 0.5) is 0 Å². The third-order valence-corrected chi connectivity index (χ3v) is 3.35. The predicted molar refractivity (Wildman–Crippen MR) is 73.2 cm³/mol. The average Bonchev–Trinajstić information content (AvgIpc) is 2.75. The summed E-state index contributed by atoms with van der Waals surface area (Å²) in [6.45, 7) is 4.26. The molecule has 0 fully saturated rings. The molecule has 0 saturated heterocycles. The lowest BCUT2D eigenvalue weighted by molar-refractivity contribution is 0.485. The maximum Gasteiger partial charge on any atom is 0.101 e. The quantitative estimate of drug-likeness (QED) is 0.635. The predicted octanol–water partition coefficient (Wildman–Crippen LogP) is 4.60. The lowest BCUT2D eigenvalue weighted by Crippen LogP contribution is -2.15. The number of furan rings is 1. The van der Waals surface area contributed by atoms with E-state index >= 15 is 0 Å². The van der Waals surface area contributed by atoms with E-state index in [1.54, 1.807) is 0 Å². The van der Waals surface area contributed by atoms with Crippen LogP contribution >= 0.6 is 0 Å². The molecule has 0 aliphatic rings. The third-order valence-electron chi connectivity index (χ3n) is 3.35. The molecule has 1 N–H and O–H groups in total. The molecular formula is C15H27NO. The number of aryl methyl sites for hydroxylation is 1. The highest BCUT2D eigenvalue weighted by Gasteiger charge is 2.10. The maximum absolute atomic E-state index is 5.37. The van der Waals surface area contributed by atoms with Crippen LogP contribution < -0.4 is 5.32 Å². The summed E-state index contributed by atoms with van der Waals surface area (Å²) in [5.74, 6) is 1.00. The van der Waals surface area contributed by atoms with Gasteiger partial charge in [-0.25, -0.2) is 0 Å². The molecule has 0 radical (unpaired) electrons. The molecule has 0 saturated carbocycles. The molecule has 2 nitrogen and oxygen atoms in total. The second-order valence-corrected chi connectivity index (χ2v) is 4.89. The van der Waals surface area contributed by atoms with E-state index in [1.165, 1.54) is 50.5 Å². The Labute approximate surface area is 106 Å². The fraction of sp³-hybridized carbons (Fsp3) is 0.733. The van der Waals surface area contributed by atoms with Crippen LogP contribution in [-0.4, -0.2) is 7.05 Å². The van der Waals surface area contributed by atoms with E-state index < -0.39 is 0 Å². The fourth-order valence-electron chi connectivity index (χ4n) is 2.25. The monoisotopic (exact) mass is 237 g/mol. The minimum absolute atomic E-state index is 0.457. The zero-order chi connectivity index (χ0) is 12.5. The molecule has 1 atom stereocenters. The molecule has 1 aromatic heterocycles. The van der Waals surface area contributed by atoms with E-state index in [-0.39, 0.29) is 0 Å². The fourth-order valence-corrected chi connectivity index (χ4v) is 2.25. The van der Waals surface area contributed by atoms with Crippen LogP contribution in [-0.2, 0) is 0 Å². The van der Waals surface area contributed by atoms with E-state index in [0.717, 1.165) is 5.76 Å². The highest BCUT2D eigenvalue weighted by Crippen LogP contribution is 2.21. The molecule has 98 valence electrons. The summed E-state index contributed by atoms with van der Waals surface area (Å²) in [6.07, 6.45) is 11.2. The van der Waals surface area contributed by atoms with Gasteiger partial charge in [-0.2, -0.15) is 0 Å². The Hall–Kier alpha value is -0.760. The number of hydrogen-bond acceptors (Lipinski definition) is 2. The van der Waals surface area contributed by atoms with Gasteiger partial charge in [0.05, 0.1) is 6.26 Å². The van der Waals surface area contributed by atoms with E-state index in [9.17, 15) is 0 Å². The molecule has 0 amide bonds. The zero-order valence-electron chi connectivity index (χ0n) is 11.6. The van der Waals surface area contributed by atoms with E-state index in [1.807, 2.05) is 20.2 Å². The first-order chi connectivity index (χ1) is 8.27. The molecule has 0 bridgehead atoms. The van der Waals surface area contributed by atoms with Gasteiger partial charge in [-0.15, -0.1) is 0 Å². The first-order valence-electron chi connectivity index (χ1n) is 7.00. The van der Waals surface area contributed by atoms with Crippen LogP contribution in [0, 0.1) is 6.92 Å². The molecule has 17 heavy (non-hydrogen) atoms. The normalized spacial score (nSPS) is 12.9. The van der Waals surface area contributed by atoms with Gasteiger partial charge in [-0.1, -0.05) is 45.4 Å². The van der Waals surface area contributed by atoms with Crippen molar-refractivity contribution in [2.45, 2.75) is 64.8 Å². The molecule has 1 rings (SSSR count). The van der Waals surface area contributed by atoms with Crippen LogP contribution in [0.25, 0.3) is 0 Å². The SMILES string of the molecule is CCCCCCCCC(NC)c1coc(C)c1. The Morgan fingerprint density at radius 2 is 1.88 bits per heavy atom. The molecular weight excluding hydrogens is 210 g/mol. The number of nitrogens with one attached hydrogen (secondary N) is 1. The van der Waals surface area contributed by atoms with Gasteiger partial charge >= 0.3 is 0 Å². The van der Waals surface area contributed by atoms with Crippen molar-refractivity contribution in [1.29, 1.82) is 0 Å². The van der Waals surface area contributed by atoms with Gasteiger partial charge in [0.25, 0.3) is 0 Å². The summed E-state index contributed by atoms with van der Waals surface area (Å²) in [7, 11) is 2.03. The standard InChI is InChI=1S/C15H27NO/c1-4-5-6-7-8-9-10-15(16-3)14-11-13(2)17-12-14/h11-12,15-16H,4-10H2,1-3H3. The Bertz CT molecular complexity index is 293. The summed E-state index contributed by atoms with van der Waals surface area (Å²) in [6, 6.07) is 2.59. The largest absolute Gasteiger partial charge is 0.469 e. The highest BCUT2D eigenvalue weighted by molar-refractivity contribution is 5.16. The van der Waals surface area contributed by atoms with Crippen molar-refractivity contribution < 1.29 is 4.42 Å². The number of rotatable bonds is 9. The molecule has 0 aliphatic heterocycles. The third kappa shape index (κ3) is 5.40. The molecule has 1 unspecified atom stereocenters. The lowest BCUT2D eigenvalue weighted by atomic mass is 10.0. The zero-order valence-corrected chi connectivity index (χ0v) is 11.6.